The van der Waals surface area contributed by atoms with Crippen molar-refractivity contribution in [2.45, 2.75) is 19.8 Å². The third kappa shape index (κ3) is 7.62. The van der Waals surface area contributed by atoms with Crippen LogP contribution in [0.1, 0.15) is 30.1 Å². The highest BCUT2D eigenvalue weighted by molar-refractivity contribution is 6.30. The molecular formula is C19H29ClN4O2. The van der Waals surface area contributed by atoms with Crippen molar-refractivity contribution in [3.63, 3.8) is 0 Å². The molecule has 26 heavy (non-hydrogen) atoms. The Bertz CT molecular complexity index is 588. The first-order valence-corrected chi connectivity index (χ1v) is 9.59. The van der Waals surface area contributed by atoms with Crippen LogP contribution in [0.5, 0.6) is 0 Å². The van der Waals surface area contributed by atoms with Crippen molar-refractivity contribution in [3.05, 3.63) is 34.9 Å². The van der Waals surface area contributed by atoms with Gasteiger partial charge in [-0.05, 0) is 49.9 Å². The summed E-state index contributed by atoms with van der Waals surface area (Å²) in [6, 6.07) is 6.83. The molecule has 7 heteroatoms. The third-order valence-electron chi connectivity index (χ3n) is 4.08. The second-order valence-corrected chi connectivity index (χ2v) is 6.87. The van der Waals surface area contributed by atoms with Crippen LogP contribution in [0, 0.1) is 5.92 Å². The summed E-state index contributed by atoms with van der Waals surface area (Å²) in [5, 5.41) is 6.75. The topological polar surface area (TPSA) is 66.0 Å². The Balaban J connectivity index is 1.70. The van der Waals surface area contributed by atoms with E-state index in [1.165, 1.54) is 12.8 Å². The molecule has 1 aromatic carbocycles. The molecule has 0 spiro atoms. The lowest BCUT2D eigenvalue weighted by atomic mass is 10.2. The number of nitrogens with zero attached hydrogens (tertiary/aromatic N) is 2. The van der Waals surface area contributed by atoms with Gasteiger partial charge < -0.3 is 20.3 Å². The first kappa shape index (κ1) is 20.5. The molecule has 1 amide bonds. The molecule has 2 N–H and O–H groups in total. The zero-order valence-electron chi connectivity index (χ0n) is 15.6. The highest BCUT2D eigenvalue weighted by Crippen LogP contribution is 2.28. The minimum absolute atomic E-state index is 0.122. The van der Waals surface area contributed by atoms with E-state index < -0.39 is 0 Å². The number of benzene rings is 1. The molecule has 1 aromatic rings. The fourth-order valence-corrected chi connectivity index (χ4v) is 2.47. The lowest BCUT2D eigenvalue weighted by molar-refractivity contribution is 0.0955. The Morgan fingerprint density at radius 3 is 2.69 bits per heavy atom. The number of carbonyl (C=O) groups excluding carboxylic acids is 1. The van der Waals surface area contributed by atoms with E-state index in [4.69, 9.17) is 16.3 Å². The number of likely N-dealkylation sites (N-methyl/N-ethyl adjacent to an activating group) is 1. The van der Waals surface area contributed by atoms with Gasteiger partial charge in [0.1, 0.15) is 0 Å². The van der Waals surface area contributed by atoms with E-state index in [1.807, 2.05) is 14.0 Å². The van der Waals surface area contributed by atoms with Gasteiger partial charge in [-0.2, -0.15) is 0 Å². The van der Waals surface area contributed by atoms with E-state index in [-0.39, 0.29) is 5.91 Å². The van der Waals surface area contributed by atoms with E-state index in [9.17, 15) is 4.79 Å². The molecule has 1 fully saturated rings. The number of rotatable bonds is 10. The standard InChI is InChI=1S/C19H29ClN4O2/c1-3-21-19(24(2)12-13-26-14-15-4-5-15)23-11-10-22-18(25)16-6-8-17(20)9-7-16/h6-9,15H,3-5,10-14H2,1-2H3,(H,21,23)(H,22,25). The maximum Gasteiger partial charge on any atom is 0.251 e. The lowest BCUT2D eigenvalue weighted by Crippen LogP contribution is -2.41. The molecule has 0 heterocycles. The Hall–Kier alpha value is -1.79. The van der Waals surface area contributed by atoms with Crippen LogP contribution in [0.2, 0.25) is 5.02 Å². The van der Waals surface area contributed by atoms with Crippen molar-refractivity contribution in [3.8, 4) is 0 Å². The van der Waals surface area contributed by atoms with Gasteiger partial charge in [0.25, 0.3) is 5.91 Å². The molecular weight excluding hydrogens is 352 g/mol. The van der Waals surface area contributed by atoms with Gasteiger partial charge in [0.2, 0.25) is 0 Å². The van der Waals surface area contributed by atoms with Gasteiger partial charge in [-0.3, -0.25) is 9.79 Å². The molecule has 0 aliphatic heterocycles. The van der Waals surface area contributed by atoms with Crippen molar-refractivity contribution in [1.29, 1.82) is 0 Å². The van der Waals surface area contributed by atoms with Crippen molar-refractivity contribution >= 4 is 23.5 Å². The predicted octanol–water partition coefficient (Wildman–Crippen LogP) is 2.39. The van der Waals surface area contributed by atoms with Gasteiger partial charge in [-0.1, -0.05) is 11.6 Å². The van der Waals surface area contributed by atoms with E-state index in [1.54, 1.807) is 24.3 Å². The molecule has 144 valence electrons. The summed E-state index contributed by atoms with van der Waals surface area (Å²) in [5.74, 6) is 1.48. The smallest absolute Gasteiger partial charge is 0.251 e. The second kappa shape index (κ2) is 11.0. The minimum Gasteiger partial charge on any atom is -0.379 e. The first-order chi connectivity index (χ1) is 12.6. The number of hydrogen-bond donors (Lipinski definition) is 2. The zero-order valence-corrected chi connectivity index (χ0v) is 16.4. The van der Waals surface area contributed by atoms with Gasteiger partial charge in [-0.15, -0.1) is 0 Å². The van der Waals surface area contributed by atoms with Crippen molar-refractivity contribution in [2.75, 3.05) is 46.4 Å². The minimum atomic E-state index is -0.122. The number of ether oxygens (including phenoxy) is 1. The largest absolute Gasteiger partial charge is 0.379 e. The monoisotopic (exact) mass is 380 g/mol. The molecule has 1 saturated carbocycles. The van der Waals surface area contributed by atoms with Crippen LogP contribution in [0.15, 0.2) is 29.3 Å². The molecule has 0 saturated heterocycles. The molecule has 1 aliphatic rings. The van der Waals surface area contributed by atoms with Crippen molar-refractivity contribution in [2.24, 2.45) is 10.9 Å². The van der Waals surface area contributed by atoms with Crippen molar-refractivity contribution in [1.82, 2.24) is 15.5 Å². The van der Waals surface area contributed by atoms with Gasteiger partial charge in [-0.25, -0.2) is 0 Å². The molecule has 0 unspecified atom stereocenters. The third-order valence-corrected chi connectivity index (χ3v) is 4.34. The van der Waals surface area contributed by atoms with Crippen LogP contribution in [-0.4, -0.2) is 63.2 Å². The number of aliphatic imine (C=N–C) groups is 1. The van der Waals surface area contributed by atoms with Crippen LogP contribution < -0.4 is 10.6 Å². The molecule has 1 aliphatic carbocycles. The van der Waals surface area contributed by atoms with E-state index in [2.05, 4.69) is 20.5 Å². The summed E-state index contributed by atoms with van der Waals surface area (Å²) in [5.41, 5.74) is 0.593. The Morgan fingerprint density at radius 2 is 2.04 bits per heavy atom. The summed E-state index contributed by atoms with van der Waals surface area (Å²) >= 11 is 5.83. The van der Waals surface area contributed by atoms with Crippen molar-refractivity contribution < 1.29 is 9.53 Å². The van der Waals surface area contributed by atoms with Gasteiger partial charge in [0, 0.05) is 43.9 Å². The molecule has 6 nitrogen and oxygen atoms in total. The summed E-state index contributed by atoms with van der Waals surface area (Å²) in [6.45, 7) is 6.18. The summed E-state index contributed by atoms with van der Waals surface area (Å²) < 4.78 is 5.68. The van der Waals surface area contributed by atoms with Crippen LogP contribution in [0.25, 0.3) is 0 Å². The van der Waals surface area contributed by atoms with Crippen LogP contribution in [0.4, 0.5) is 0 Å². The fourth-order valence-electron chi connectivity index (χ4n) is 2.35. The van der Waals surface area contributed by atoms with E-state index >= 15 is 0 Å². The average molecular weight is 381 g/mol. The summed E-state index contributed by atoms with van der Waals surface area (Å²) in [7, 11) is 1.99. The number of guanidine groups is 1. The fraction of sp³-hybridized carbons (Fsp3) is 0.579. The quantitative estimate of drug-likeness (QED) is 0.371. The van der Waals surface area contributed by atoms with E-state index in [0.29, 0.717) is 30.3 Å². The zero-order chi connectivity index (χ0) is 18.8. The number of hydrogen-bond acceptors (Lipinski definition) is 3. The first-order valence-electron chi connectivity index (χ1n) is 9.21. The van der Waals surface area contributed by atoms with Crippen LogP contribution in [-0.2, 0) is 4.74 Å². The van der Waals surface area contributed by atoms with E-state index in [0.717, 1.165) is 31.6 Å². The van der Waals surface area contributed by atoms with Crippen LogP contribution >= 0.6 is 11.6 Å². The average Bonchev–Trinajstić information content (AvgIpc) is 3.46. The summed E-state index contributed by atoms with van der Waals surface area (Å²) in [4.78, 5) is 18.7. The maximum absolute atomic E-state index is 12.0. The molecule has 0 radical (unpaired) electrons. The number of nitrogens with one attached hydrogen (secondary N) is 2. The summed E-state index contributed by atoms with van der Waals surface area (Å²) in [6.07, 6.45) is 2.61. The Labute approximate surface area is 161 Å². The maximum atomic E-state index is 12.0. The molecule has 0 aromatic heterocycles. The highest BCUT2D eigenvalue weighted by atomic mass is 35.5. The molecule has 2 rings (SSSR count). The van der Waals surface area contributed by atoms with Gasteiger partial charge >= 0.3 is 0 Å². The van der Waals surface area contributed by atoms with Gasteiger partial charge in [0.05, 0.1) is 13.2 Å². The SMILES string of the molecule is CCNC(=NCCNC(=O)c1ccc(Cl)cc1)N(C)CCOCC1CC1. The number of carbonyl (C=O) groups is 1. The lowest BCUT2D eigenvalue weighted by Gasteiger charge is -2.22. The number of amides is 1. The normalized spacial score (nSPS) is 14.2. The van der Waals surface area contributed by atoms with Crippen LogP contribution in [0.3, 0.4) is 0 Å². The predicted molar refractivity (Wildman–Crippen MR) is 106 cm³/mol. The highest BCUT2D eigenvalue weighted by Gasteiger charge is 2.21. The number of halogens is 1. The second-order valence-electron chi connectivity index (χ2n) is 6.44. The molecule has 0 bridgehead atoms. The molecule has 0 atom stereocenters. The van der Waals surface area contributed by atoms with Gasteiger partial charge in [0.15, 0.2) is 5.96 Å². The Morgan fingerprint density at radius 1 is 1.31 bits per heavy atom. The Kier molecular flexibility index (Phi) is 8.71.